The number of rotatable bonds is 4. The summed E-state index contributed by atoms with van der Waals surface area (Å²) in [6.45, 7) is 6.14. The van der Waals surface area contributed by atoms with Gasteiger partial charge in [0.1, 0.15) is 17.6 Å². The van der Waals surface area contributed by atoms with E-state index in [1.54, 1.807) is 0 Å². The molecule has 0 saturated heterocycles. The maximum atomic E-state index is 12.8. The van der Waals surface area contributed by atoms with Crippen LogP contribution < -0.4 is 9.88 Å². The molecule has 138 valence electrons. The molecule has 0 amide bonds. The summed E-state index contributed by atoms with van der Waals surface area (Å²) in [5.41, 5.74) is 5.01. The fourth-order valence-corrected chi connectivity index (χ4v) is 3.61. The number of nitro groups is 1. The average Bonchev–Trinajstić information content (AvgIpc) is 2.95. The number of Topliss-reactive ketones (excluding diaryl/α,β-unsaturated/α-hetero) is 1. The third-order valence-corrected chi connectivity index (χ3v) is 5.23. The Morgan fingerprint density at radius 3 is 2.63 bits per heavy atom. The molecule has 4 rings (SSSR count). The second-order valence-corrected chi connectivity index (χ2v) is 6.99. The first-order valence-electron chi connectivity index (χ1n) is 9.00. The standard InChI is InChI=1S/C20H20N4O3/c1-13-10-17-18(11-14(13)2)23(20-21-8-3-9-22(17)20)12-19(25)15-4-6-16(7-5-15)24(26)27/h4-7,10-11H,3,8-9,12H2,1-2H3/p+1. The average molecular weight is 365 g/mol. The number of carbonyl (C=O) groups excluding carboxylic acids is 1. The summed E-state index contributed by atoms with van der Waals surface area (Å²) in [5.74, 6) is 0.868. The SMILES string of the molecule is Cc1cc2c(cc1C)[n+]1c(n2CC(=O)c2ccc([N+](=O)[O-])cc2)NCCC1. The van der Waals surface area contributed by atoms with Crippen LogP contribution in [-0.4, -0.2) is 21.8 Å². The Balaban J connectivity index is 1.76. The minimum atomic E-state index is -0.463. The number of anilines is 1. The van der Waals surface area contributed by atoms with E-state index in [-0.39, 0.29) is 18.0 Å². The Bertz CT molecular complexity index is 1070. The van der Waals surface area contributed by atoms with Gasteiger partial charge in [-0.25, -0.2) is 9.13 Å². The molecule has 27 heavy (non-hydrogen) atoms. The van der Waals surface area contributed by atoms with Gasteiger partial charge >= 0.3 is 5.95 Å². The van der Waals surface area contributed by atoms with Crippen LogP contribution in [0.15, 0.2) is 36.4 Å². The van der Waals surface area contributed by atoms with E-state index in [4.69, 9.17) is 0 Å². The van der Waals surface area contributed by atoms with Gasteiger partial charge in [0.15, 0.2) is 5.78 Å². The lowest BCUT2D eigenvalue weighted by molar-refractivity contribution is -0.661. The molecule has 2 heterocycles. The Hall–Kier alpha value is -3.22. The van der Waals surface area contributed by atoms with E-state index in [9.17, 15) is 14.9 Å². The molecule has 7 heteroatoms. The second kappa shape index (κ2) is 6.50. The molecule has 0 radical (unpaired) electrons. The quantitative estimate of drug-likeness (QED) is 0.333. The van der Waals surface area contributed by atoms with Crippen LogP contribution in [0.4, 0.5) is 11.6 Å². The number of fused-ring (bicyclic) bond motifs is 3. The molecule has 1 aliphatic rings. The molecule has 1 N–H and O–H groups in total. The molecule has 0 saturated carbocycles. The first-order chi connectivity index (χ1) is 13.0. The number of imidazole rings is 1. The van der Waals surface area contributed by atoms with Crippen LogP contribution in [0, 0.1) is 24.0 Å². The van der Waals surface area contributed by atoms with Crippen LogP contribution >= 0.6 is 0 Å². The van der Waals surface area contributed by atoms with Crippen LogP contribution in [0.5, 0.6) is 0 Å². The van der Waals surface area contributed by atoms with Gasteiger partial charge in [0.05, 0.1) is 18.0 Å². The lowest BCUT2D eigenvalue weighted by atomic mass is 10.1. The summed E-state index contributed by atoms with van der Waals surface area (Å²) in [4.78, 5) is 23.2. The number of nitrogens with one attached hydrogen (secondary N) is 1. The minimum absolute atomic E-state index is 0.0151. The summed E-state index contributed by atoms with van der Waals surface area (Å²) in [6, 6.07) is 10.1. The minimum Gasteiger partial charge on any atom is -0.291 e. The number of aryl methyl sites for hydroxylation is 3. The molecule has 0 aliphatic carbocycles. The summed E-state index contributed by atoms with van der Waals surface area (Å²) < 4.78 is 4.25. The van der Waals surface area contributed by atoms with E-state index in [1.165, 1.54) is 35.4 Å². The van der Waals surface area contributed by atoms with Gasteiger partial charge in [-0.3, -0.25) is 20.2 Å². The number of ketones is 1. The lowest BCUT2D eigenvalue weighted by Crippen LogP contribution is -2.42. The van der Waals surface area contributed by atoms with Crippen molar-refractivity contribution in [2.24, 2.45) is 0 Å². The summed E-state index contributed by atoms with van der Waals surface area (Å²) in [7, 11) is 0. The van der Waals surface area contributed by atoms with Gasteiger partial charge in [0, 0.05) is 24.1 Å². The number of non-ortho nitro benzene ring substituents is 1. The van der Waals surface area contributed by atoms with E-state index >= 15 is 0 Å². The topological polar surface area (TPSA) is 81.0 Å². The molecule has 2 aromatic carbocycles. The predicted octanol–water partition coefficient (Wildman–Crippen LogP) is 3.15. The van der Waals surface area contributed by atoms with Crippen molar-refractivity contribution in [2.75, 3.05) is 11.9 Å². The molecule has 0 unspecified atom stereocenters. The summed E-state index contributed by atoms with van der Waals surface area (Å²) in [6.07, 6.45) is 1.04. The Morgan fingerprint density at radius 1 is 1.22 bits per heavy atom. The van der Waals surface area contributed by atoms with Crippen LogP contribution in [0.3, 0.4) is 0 Å². The van der Waals surface area contributed by atoms with Crippen molar-refractivity contribution in [1.82, 2.24) is 4.57 Å². The highest BCUT2D eigenvalue weighted by atomic mass is 16.6. The predicted molar refractivity (Wildman–Crippen MR) is 102 cm³/mol. The van der Waals surface area contributed by atoms with Crippen molar-refractivity contribution in [2.45, 2.75) is 33.4 Å². The van der Waals surface area contributed by atoms with E-state index in [0.29, 0.717) is 5.56 Å². The van der Waals surface area contributed by atoms with E-state index in [0.717, 1.165) is 36.5 Å². The zero-order valence-electron chi connectivity index (χ0n) is 15.4. The molecule has 3 aromatic rings. The number of nitro benzene ring substituents is 1. The lowest BCUT2D eigenvalue weighted by Gasteiger charge is -2.11. The fraction of sp³-hybridized carbons (Fsp3) is 0.300. The second-order valence-electron chi connectivity index (χ2n) is 6.99. The number of benzene rings is 2. The molecule has 0 bridgehead atoms. The number of carbonyl (C=O) groups is 1. The first kappa shape index (κ1) is 17.2. The molecule has 0 atom stereocenters. The van der Waals surface area contributed by atoms with Gasteiger partial charge in [-0.05, 0) is 49.2 Å². The van der Waals surface area contributed by atoms with Crippen molar-refractivity contribution in [3.05, 3.63) is 63.2 Å². The largest absolute Gasteiger partial charge is 0.358 e. The van der Waals surface area contributed by atoms with Gasteiger partial charge in [0.25, 0.3) is 5.69 Å². The van der Waals surface area contributed by atoms with Gasteiger partial charge in [0.2, 0.25) is 0 Å². The fourth-order valence-electron chi connectivity index (χ4n) is 3.61. The molecule has 7 nitrogen and oxygen atoms in total. The smallest absolute Gasteiger partial charge is 0.291 e. The zero-order chi connectivity index (χ0) is 19.1. The van der Waals surface area contributed by atoms with Crippen LogP contribution in [0.1, 0.15) is 27.9 Å². The Labute approximate surface area is 156 Å². The highest BCUT2D eigenvalue weighted by molar-refractivity contribution is 5.97. The molecular formula is C20H21N4O3+. The van der Waals surface area contributed by atoms with Crippen molar-refractivity contribution in [3.63, 3.8) is 0 Å². The highest BCUT2D eigenvalue weighted by Gasteiger charge is 2.28. The zero-order valence-corrected chi connectivity index (χ0v) is 15.4. The third kappa shape index (κ3) is 2.95. The molecular weight excluding hydrogens is 344 g/mol. The maximum absolute atomic E-state index is 12.8. The van der Waals surface area contributed by atoms with Gasteiger partial charge < -0.3 is 0 Å². The number of hydrogen-bond donors (Lipinski definition) is 1. The van der Waals surface area contributed by atoms with Gasteiger partial charge in [-0.15, -0.1) is 0 Å². The summed E-state index contributed by atoms with van der Waals surface area (Å²) >= 11 is 0. The van der Waals surface area contributed by atoms with E-state index in [1.807, 2.05) is 4.57 Å². The van der Waals surface area contributed by atoms with Crippen molar-refractivity contribution in [3.8, 4) is 0 Å². The van der Waals surface area contributed by atoms with Crippen LogP contribution in [0.2, 0.25) is 0 Å². The van der Waals surface area contributed by atoms with E-state index < -0.39 is 4.92 Å². The summed E-state index contributed by atoms with van der Waals surface area (Å²) in [5, 5.41) is 14.2. The monoisotopic (exact) mass is 365 g/mol. The molecule has 0 spiro atoms. The van der Waals surface area contributed by atoms with Crippen molar-refractivity contribution < 1.29 is 14.3 Å². The highest BCUT2D eigenvalue weighted by Crippen LogP contribution is 2.24. The van der Waals surface area contributed by atoms with Crippen LogP contribution in [0.25, 0.3) is 11.0 Å². The first-order valence-corrected chi connectivity index (χ1v) is 9.00. The third-order valence-electron chi connectivity index (χ3n) is 5.23. The molecule has 0 fully saturated rings. The van der Waals surface area contributed by atoms with Crippen molar-refractivity contribution in [1.29, 1.82) is 0 Å². The van der Waals surface area contributed by atoms with E-state index in [2.05, 4.69) is 35.9 Å². The number of aromatic nitrogens is 2. The normalized spacial score (nSPS) is 13.3. The Kier molecular flexibility index (Phi) is 4.14. The number of nitrogens with zero attached hydrogens (tertiary/aromatic N) is 3. The van der Waals surface area contributed by atoms with Gasteiger partial charge in [-0.1, -0.05) is 0 Å². The van der Waals surface area contributed by atoms with Crippen molar-refractivity contribution >= 4 is 28.5 Å². The number of hydrogen-bond acceptors (Lipinski definition) is 4. The maximum Gasteiger partial charge on any atom is 0.358 e. The molecule has 1 aromatic heterocycles. The Morgan fingerprint density at radius 2 is 1.93 bits per heavy atom. The van der Waals surface area contributed by atoms with Gasteiger partial charge in [-0.2, -0.15) is 0 Å². The van der Waals surface area contributed by atoms with Crippen LogP contribution in [-0.2, 0) is 13.1 Å². The molecule has 1 aliphatic heterocycles.